The number of aromatic nitrogens is 4. The molecule has 0 aliphatic heterocycles. The number of halogens is 6. The minimum atomic E-state index is -5.25. The summed E-state index contributed by atoms with van der Waals surface area (Å²) in [5.41, 5.74) is -3.27. The number of imidazole rings is 1. The van der Waals surface area contributed by atoms with Crippen molar-refractivity contribution in [2.75, 3.05) is 0 Å². The Labute approximate surface area is 143 Å². The van der Waals surface area contributed by atoms with Crippen LogP contribution in [-0.2, 0) is 19.4 Å². The van der Waals surface area contributed by atoms with Crippen LogP contribution in [0.1, 0.15) is 11.4 Å². The molecule has 0 amide bonds. The summed E-state index contributed by atoms with van der Waals surface area (Å²) in [5.74, 6) is -0.539. The van der Waals surface area contributed by atoms with Gasteiger partial charge in [-0.1, -0.05) is 12.1 Å². The third-order valence-electron chi connectivity index (χ3n) is 3.54. The molecule has 0 unspecified atom stereocenters. The van der Waals surface area contributed by atoms with E-state index in [1.165, 1.54) is 18.3 Å². The fourth-order valence-corrected chi connectivity index (χ4v) is 2.47. The van der Waals surface area contributed by atoms with Crippen LogP contribution < -0.4 is 0 Å². The Balaban J connectivity index is 2.18. The second-order valence-electron chi connectivity index (χ2n) is 5.31. The van der Waals surface area contributed by atoms with Gasteiger partial charge in [0, 0.05) is 13.2 Å². The van der Waals surface area contributed by atoms with Gasteiger partial charge < -0.3 is 4.57 Å². The van der Waals surface area contributed by atoms with Gasteiger partial charge in [0.15, 0.2) is 17.2 Å². The summed E-state index contributed by atoms with van der Waals surface area (Å²) in [7, 11) is 0.871. The number of hydrogen-bond donors (Lipinski definition) is 0. The van der Waals surface area contributed by atoms with Gasteiger partial charge in [-0.15, -0.1) is 0 Å². The Morgan fingerprint density at radius 1 is 0.769 bits per heavy atom. The fraction of sp³-hybridized carbons (Fsp3) is 0.188. The summed E-state index contributed by atoms with van der Waals surface area (Å²) >= 11 is 0. The molecule has 10 heteroatoms. The van der Waals surface area contributed by atoms with Crippen molar-refractivity contribution in [3.63, 3.8) is 0 Å². The van der Waals surface area contributed by atoms with Crippen molar-refractivity contribution in [2.45, 2.75) is 12.4 Å². The highest BCUT2D eigenvalue weighted by molar-refractivity contribution is 5.60. The monoisotopic (exact) mass is 372 g/mol. The van der Waals surface area contributed by atoms with Gasteiger partial charge in [-0.05, 0) is 24.3 Å². The van der Waals surface area contributed by atoms with E-state index in [1.54, 1.807) is 24.3 Å². The van der Waals surface area contributed by atoms with E-state index in [2.05, 4.69) is 15.0 Å². The predicted octanol–water partition coefficient (Wildman–Crippen LogP) is 4.58. The van der Waals surface area contributed by atoms with Crippen LogP contribution in [0, 0.1) is 0 Å². The number of alkyl halides is 6. The Morgan fingerprint density at radius 2 is 1.42 bits per heavy atom. The Bertz CT molecular complexity index is 928. The highest BCUT2D eigenvalue weighted by Crippen LogP contribution is 2.41. The molecule has 3 aromatic heterocycles. The molecule has 0 aliphatic carbocycles. The van der Waals surface area contributed by atoms with Crippen molar-refractivity contribution >= 4 is 0 Å². The quantitative estimate of drug-likeness (QED) is 0.619. The molecular weight excluding hydrogens is 362 g/mol. The Kier molecular flexibility index (Phi) is 4.21. The van der Waals surface area contributed by atoms with Crippen molar-refractivity contribution < 1.29 is 26.3 Å². The molecule has 3 heterocycles. The molecule has 0 saturated heterocycles. The van der Waals surface area contributed by atoms with Crippen LogP contribution in [0.3, 0.4) is 0 Å². The molecule has 0 atom stereocenters. The first-order valence-electron chi connectivity index (χ1n) is 7.19. The average molecular weight is 372 g/mol. The number of hydrogen-bond acceptors (Lipinski definition) is 3. The molecule has 3 rings (SSSR count). The summed E-state index contributed by atoms with van der Waals surface area (Å²) in [4.78, 5) is 11.4. The van der Waals surface area contributed by atoms with E-state index in [9.17, 15) is 26.3 Å². The van der Waals surface area contributed by atoms with Crippen molar-refractivity contribution in [3.05, 3.63) is 54.0 Å². The van der Waals surface area contributed by atoms with Gasteiger partial charge in [0.2, 0.25) is 0 Å². The van der Waals surface area contributed by atoms with E-state index in [-0.39, 0.29) is 5.69 Å². The van der Waals surface area contributed by atoms with Gasteiger partial charge in [0.05, 0.1) is 11.4 Å². The maximum atomic E-state index is 13.1. The maximum Gasteiger partial charge on any atom is 0.435 e. The van der Waals surface area contributed by atoms with Gasteiger partial charge >= 0.3 is 12.4 Å². The standard InChI is InChI=1S/C16H10F6N4/c1-26-13(16(20,21)22)12(15(17,18)19)25-14(26)11-7-4-6-10(24-11)9-5-2-3-8-23-9/h2-8H,1H3. The van der Waals surface area contributed by atoms with E-state index in [4.69, 9.17) is 0 Å². The van der Waals surface area contributed by atoms with Crippen molar-refractivity contribution in [2.24, 2.45) is 7.05 Å². The molecule has 0 bridgehead atoms. The van der Waals surface area contributed by atoms with Crippen LogP contribution in [0.2, 0.25) is 0 Å². The molecule has 4 nitrogen and oxygen atoms in total. The van der Waals surface area contributed by atoms with Crippen LogP contribution in [0.25, 0.3) is 22.9 Å². The third-order valence-corrected chi connectivity index (χ3v) is 3.54. The molecule has 0 radical (unpaired) electrons. The van der Waals surface area contributed by atoms with E-state index < -0.39 is 29.6 Å². The smallest absolute Gasteiger partial charge is 0.322 e. The molecular formula is C16H10F6N4. The van der Waals surface area contributed by atoms with Gasteiger partial charge in [0.25, 0.3) is 0 Å². The fourth-order valence-electron chi connectivity index (χ4n) is 2.47. The Morgan fingerprint density at radius 3 is 1.96 bits per heavy atom. The van der Waals surface area contributed by atoms with Crippen molar-refractivity contribution in [1.29, 1.82) is 0 Å². The summed E-state index contributed by atoms with van der Waals surface area (Å²) < 4.78 is 78.8. The van der Waals surface area contributed by atoms with Crippen molar-refractivity contribution in [3.8, 4) is 22.9 Å². The predicted molar refractivity (Wildman–Crippen MR) is 79.7 cm³/mol. The maximum absolute atomic E-state index is 13.1. The average Bonchev–Trinajstić information content (AvgIpc) is 2.94. The highest BCUT2D eigenvalue weighted by atomic mass is 19.4. The molecule has 0 N–H and O–H groups in total. The second-order valence-corrected chi connectivity index (χ2v) is 5.31. The minimum absolute atomic E-state index is 0.128. The first-order chi connectivity index (χ1) is 12.1. The summed E-state index contributed by atoms with van der Waals surface area (Å²) in [5, 5.41) is 0. The summed E-state index contributed by atoms with van der Waals surface area (Å²) in [6, 6.07) is 9.26. The van der Waals surface area contributed by atoms with Crippen LogP contribution in [0.4, 0.5) is 26.3 Å². The summed E-state index contributed by atoms with van der Waals surface area (Å²) in [6.45, 7) is 0. The zero-order chi connectivity index (χ0) is 19.1. The van der Waals surface area contributed by atoms with Crippen LogP contribution >= 0.6 is 0 Å². The molecule has 0 spiro atoms. The van der Waals surface area contributed by atoms with E-state index in [1.807, 2.05) is 0 Å². The summed E-state index contributed by atoms with van der Waals surface area (Å²) in [6.07, 6.45) is -8.98. The molecule has 0 aromatic carbocycles. The lowest BCUT2D eigenvalue weighted by Gasteiger charge is -2.12. The zero-order valence-electron chi connectivity index (χ0n) is 13.1. The van der Waals surface area contributed by atoms with E-state index >= 15 is 0 Å². The minimum Gasteiger partial charge on any atom is -0.322 e. The first-order valence-corrected chi connectivity index (χ1v) is 7.19. The van der Waals surface area contributed by atoms with Crippen LogP contribution in [-0.4, -0.2) is 19.5 Å². The molecule has 0 saturated carbocycles. The number of rotatable bonds is 2. The lowest BCUT2D eigenvalue weighted by atomic mass is 10.2. The lowest BCUT2D eigenvalue weighted by molar-refractivity contribution is -0.167. The second kappa shape index (κ2) is 6.11. The molecule has 26 heavy (non-hydrogen) atoms. The Hall–Kier alpha value is -2.91. The van der Waals surface area contributed by atoms with Crippen LogP contribution in [0.15, 0.2) is 42.6 Å². The largest absolute Gasteiger partial charge is 0.435 e. The zero-order valence-corrected chi connectivity index (χ0v) is 13.1. The number of pyridine rings is 2. The van der Waals surface area contributed by atoms with Gasteiger partial charge in [-0.25, -0.2) is 9.97 Å². The molecule has 136 valence electrons. The van der Waals surface area contributed by atoms with E-state index in [0.717, 1.165) is 7.05 Å². The van der Waals surface area contributed by atoms with Crippen molar-refractivity contribution in [1.82, 2.24) is 19.5 Å². The van der Waals surface area contributed by atoms with Gasteiger partial charge in [-0.2, -0.15) is 26.3 Å². The highest BCUT2D eigenvalue weighted by Gasteiger charge is 2.48. The normalized spacial score (nSPS) is 12.4. The van der Waals surface area contributed by atoms with E-state index in [0.29, 0.717) is 16.0 Å². The molecule has 0 aliphatic rings. The first kappa shape index (κ1) is 17.9. The topological polar surface area (TPSA) is 43.6 Å². The lowest BCUT2D eigenvalue weighted by Crippen LogP contribution is -2.19. The number of nitrogens with zero attached hydrogens (tertiary/aromatic N) is 4. The third kappa shape index (κ3) is 3.26. The SMILES string of the molecule is Cn1c(-c2cccc(-c3ccccn3)n2)nc(C(F)(F)F)c1C(F)(F)F. The molecule has 3 aromatic rings. The van der Waals surface area contributed by atoms with Crippen LogP contribution in [0.5, 0.6) is 0 Å². The van der Waals surface area contributed by atoms with Gasteiger partial charge in [0.1, 0.15) is 5.69 Å². The van der Waals surface area contributed by atoms with Gasteiger partial charge in [-0.3, -0.25) is 4.98 Å². The molecule has 0 fully saturated rings.